The lowest BCUT2D eigenvalue weighted by molar-refractivity contribution is 0.568. The number of thiazole rings is 1. The molecule has 2 saturated carbocycles. The van der Waals surface area contributed by atoms with Gasteiger partial charge in [0.1, 0.15) is 5.01 Å². The molecular formula is C16H18N2S. The standard InChI is InChI=1S/C16H18N2S/c1-2-13(16-17-8-9-19-16)10-14(3-1)18-15(11-4-5-11)12-6-7-12/h1-3,8-12,15,18H,4-7H2. The van der Waals surface area contributed by atoms with Crippen molar-refractivity contribution in [3.05, 3.63) is 35.8 Å². The molecule has 0 saturated heterocycles. The van der Waals surface area contributed by atoms with Crippen molar-refractivity contribution in [2.24, 2.45) is 11.8 Å². The number of aromatic nitrogens is 1. The van der Waals surface area contributed by atoms with Crippen LogP contribution in [0.15, 0.2) is 35.8 Å². The fourth-order valence-corrected chi connectivity index (χ4v) is 3.47. The number of hydrogen-bond donors (Lipinski definition) is 1. The number of nitrogens with zero attached hydrogens (tertiary/aromatic N) is 1. The Morgan fingerprint density at radius 1 is 1.16 bits per heavy atom. The van der Waals surface area contributed by atoms with Crippen molar-refractivity contribution in [3.8, 4) is 10.6 Å². The molecule has 19 heavy (non-hydrogen) atoms. The first kappa shape index (κ1) is 11.5. The van der Waals surface area contributed by atoms with Crippen LogP contribution in [0.2, 0.25) is 0 Å². The Labute approximate surface area is 117 Å². The Kier molecular flexibility index (Phi) is 2.80. The third-order valence-electron chi connectivity index (χ3n) is 4.13. The summed E-state index contributed by atoms with van der Waals surface area (Å²) in [6.07, 6.45) is 7.54. The van der Waals surface area contributed by atoms with Crippen LogP contribution in [0.3, 0.4) is 0 Å². The lowest BCUT2D eigenvalue weighted by atomic mass is 10.1. The summed E-state index contributed by atoms with van der Waals surface area (Å²) in [6.45, 7) is 0. The molecule has 0 aliphatic heterocycles. The summed E-state index contributed by atoms with van der Waals surface area (Å²) < 4.78 is 0. The SMILES string of the molecule is c1cc(NC(C2CC2)C2CC2)cc(-c2nccs2)c1. The van der Waals surface area contributed by atoms with Gasteiger partial charge in [-0.25, -0.2) is 4.98 Å². The molecule has 0 spiro atoms. The summed E-state index contributed by atoms with van der Waals surface area (Å²) in [6, 6.07) is 9.43. The molecule has 1 heterocycles. The van der Waals surface area contributed by atoms with Gasteiger partial charge in [0.2, 0.25) is 0 Å². The monoisotopic (exact) mass is 270 g/mol. The van der Waals surface area contributed by atoms with Crippen molar-refractivity contribution in [1.29, 1.82) is 0 Å². The second-order valence-corrected chi connectivity index (χ2v) is 6.66. The minimum Gasteiger partial charge on any atom is -0.382 e. The minimum absolute atomic E-state index is 0.714. The number of benzene rings is 1. The van der Waals surface area contributed by atoms with Crippen LogP contribution in [0.25, 0.3) is 10.6 Å². The summed E-state index contributed by atoms with van der Waals surface area (Å²) in [5.74, 6) is 1.85. The summed E-state index contributed by atoms with van der Waals surface area (Å²) in [5.41, 5.74) is 2.49. The third-order valence-corrected chi connectivity index (χ3v) is 4.96. The van der Waals surface area contributed by atoms with Gasteiger partial charge < -0.3 is 5.32 Å². The van der Waals surface area contributed by atoms with Crippen molar-refractivity contribution in [3.63, 3.8) is 0 Å². The highest BCUT2D eigenvalue weighted by atomic mass is 32.1. The molecule has 4 rings (SSSR count). The Morgan fingerprint density at radius 2 is 1.95 bits per heavy atom. The Bertz CT molecular complexity index is 544. The van der Waals surface area contributed by atoms with Crippen LogP contribution in [0, 0.1) is 11.8 Å². The molecule has 2 aliphatic carbocycles. The zero-order chi connectivity index (χ0) is 12.7. The van der Waals surface area contributed by atoms with E-state index < -0.39 is 0 Å². The minimum atomic E-state index is 0.714. The third kappa shape index (κ3) is 2.52. The predicted octanol–water partition coefficient (Wildman–Crippen LogP) is 4.41. The van der Waals surface area contributed by atoms with E-state index in [0.29, 0.717) is 6.04 Å². The van der Waals surface area contributed by atoms with Gasteiger partial charge in [0.15, 0.2) is 0 Å². The van der Waals surface area contributed by atoms with Gasteiger partial charge in [-0.1, -0.05) is 12.1 Å². The van der Waals surface area contributed by atoms with Gasteiger partial charge >= 0.3 is 0 Å². The second kappa shape index (κ2) is 4.64. The molecule has 0 bridgehead atoms. The Balaban J connectivity index is 1.55. The summed E-state index contributed by atoms with van der Waals surface area (Å²) >= 11 is 1.70. The first-order valence-electron chi connectivity index (χ1n) is 7.16. The van der Waals surface area contributed by atoms with Gasteiger partial charge in [0.25, 0.3) is 0 Å². The van der Waals surface area contributed by atoms with E-state index in [0.717, 1.165) is 16.8 Å². The van der Waals surface area contributed by atoms with Crippen LogP contribution in [-0.4, -0.2) is 11.0 Å². The van der Waals surface area contributed by atoms with Crippen LogP contribution in [0.5, 0.6) is 0 Å². The molecule has 2 nitrogen and oxygen atoms in total. The maximum atomic E-state index is 4.39. The van der Waals surface area contributed by atoms with Crippen LogP contribution in [0.1, 0.15) is 25.7 Å². The van der Waals surface area contributed by atoms with E-state index in [2.05, 4.69) is 34.6 Å². The molecule has 3 heteroatoms. The zero-order valence-electron chi connectivity index (χ0n) is 10.9. The Hall–Kier alpha value is -1.35. The van der Waals surface area contributed by atoms with Gasteiger partial charge in [-0.15, -0.1) is 11.3 Å². The molecule has 2 fully saturated rings. The number of anilines is 1. The average Bonchev–Trinajstić information content (AvgIpc) is 3.36. The molecule has 2 aromatic rings. The molecule has 2 aliphatic rings. The largest absolute Gasteiger partial charge is 0.382 e. The molecule has 0 radical (unpaired) electrons. The molecule has 0 unspecified atom stereocenters. The normalized spacial score (nSPS) is 18.8. The van der Waals surface area contributed by atoms with Gasteiger partial charge in [0.05, 0.1) is 0 Å². The molecule has 0 atom stereocenters. The van der Waals surface area contributed by atoms with E-state index in [-0.39, 0.29) is 0 Å². The van der Waals surface area contributed by atoms with Gasteiger partial charge in [-0.2, -0.15) is 0 Å². The van der Waals surface area contributed by atoms with Gasteiger partial charge in [-0.3, -0.25) is 0 Å². The molecule has 1 N–H and O–H groups in total. The maximum Gasteiger partial charge on any atom is 0.123 e. The van der Waals surface area contributed by atoms with Gasteiger partial charge in [0, 0.05) is 28.9 Å². The van der Waals surface area contributed by atoms with E-state index in [9.17, 15) is 0 Å². The van der Waals surface area contributed by atoms with Gasteiger partial charge in [-0.05, 0) is 49.7 Å². The van der Waals surface area contributed by atoms with Crippen molar-refractivity contribution >= 4 is 17.0 Å². The van der Waals surface area contributed by atoms with Crippen molar-refractivity contribution in [2.45, 2.75) is 31.7 Å². The molecule has 0 amide bonds. The predicted molar refractivity (Wildman–Crippen MR) is 80.4 cm³/mol. The Morgan fingerprint density at radius 3 is 2.58 bits per heavy atom. The first-order valence-corrected chi connectivity index (χ1v) is 8.04. The average molecular weight is 270 g/mol. The summed E-state index contributed by atoms with van der Waals surface area (Å²) in [7, 11) is 0. The number of hydrogen-bond acceptors (Lipinski definition) is 3. The van der Waals surface area contributed by atoms with Crippen LogP contribution in [0.4, 0.5) is 5.69 Å². The van der Waals surface area contributed by atoms with Crippen LogP contribution < -0.4 is 5.32 Å². The highest BCUT2D eigenvalue weighted by molar-refractivity contribution is 7.13. The second-order valence-electron chi connectivity index (χ2n) is 5.76. The highest BCUT2D eigenvalue weighted by Crippen LogP contribution is 2.46. The van der Waals surface area contributed by atoms with E-state index in [1.807, 2.05) is 11.6 Å². The molecule has 1 aromatic carbocycles. The van der Waals surface area contributed by atoms with Crippen LogP contribution >= 0.6 is 11.3 Å². The fourth-order valence-electron chi connectivity index (χ4n) is 2.83. The van der Waals surface area contributed by atoms with Crippen molar-refractivity contribution < 1.29 is 0 Å². The molecular weight excluding hydrogens is 252 g/mol. The topological polar surface area (TPSA) is 24.9 Å². The number of nitrogens with one attached hydrogen (secondary N) is 1. The number of rotatable bonds is 5. The van der Waals surface area contributed by atoms with Crippen LogP contribution in [-0.2, 0) is 0 Å². The quantitative estimate of drug-likeness (QED) is 0.870. The van der Waals surface area contributed by atoms with E-state index in [1.54, 1.807) is 11.3 Å². The van der Waals surface area contributed by atoms with E-state index >= 15 is 0 Å². The smallest absolute Gasteiger partial charge is 0.123 e. The summed E-state index contributed by atoms with van der Waals surface area (Å²) in [5, 5.41) is 6.93. The first-order chi connectivity index (χ1) is 9.40. The maximum absolute atomic E-state index is 4.39. The zero-order valence-corrected chi connectivity index (χ0v) is 11.7. The lowest BCUT2D eigenvalue weighted by Gasteiger charge is -2.19. The molecule has 1 aromatic heterocycles. The van der Waals surface area contributed by atoms with E-state index in [4.69, 9.17) is 0 Å². The molecule has 98 valence electrons. The lowest BCUT2D eigenvalue weighted by Crippen LogP contribution is -2.24. The summed E-state index contributed by atoms with van der Waals surface area (Å²) in [4.78, 5) is 4.39. The fraction of sp³-hybridized carbons (Fsp3) is 0.438. The van der Waals surface area contributed by atoms with Crippen molar-refractivity contribution in [1.82, 2.24) is 4.98 Å². The van der Waals surface area contributed by atoms with E-state index in [1.165, 1.54) is 36.9 Å². The highest BCUT2D eigenvalue weighted by Gasteiger charge is 2.41. The van der Waals surface area contributed by atoms with Crippen molar-refractivity contribution in [2.75, 3.05) is 5.32 Å².